The highest BCUT2D eigenvalue weighted by Crippen LogP contribution is 2.37. The van der Waals surface area contributed by atoms with Crippen LogP contribution in [0.25, 0.3) is 0 Å². The van der Waals surface area contributed by atoms with Crippen molar-refractivity contribution in [3.8, 4) is 0 Å². The van der Waals surface area contributed by atoms with E-state index in [2.05, 4.69) is 4.90 Å². The van der Waals surface area contributed by atoms with Crippen LogP contribution in [0.4, 0.5) is 0 Å². The number of amides is 1. The molecule has 0 radical (unpaired) electrons. The molecular weight excluding hydrogens is 264 g/mol. The summed E-state index contributed by atoms with van der Waals surface area (Å²) in [4.78, 5) is 14.8. The van der Waals surface area contributed by atoms with E-state index in [0.717, 1.165) is 38.8 Å². The van der Waals surface area contributed by atoms with Gasteiger partial charge in [-0.15, -0.1) is 12.4 Å². The van der Waals surface area contributed by atoms with Gasteiger partial charge in [0.05, 0.1) is 19.3 Å². The summed E-state index contributed by atoms with van der Waals surface area (Å²) < 4.78 is 5.55. The Balaban J connectivity index is 0.00000133. The lowest BCUT2D eigenvalue weighted by Gasteiger charge is -2.39. The molecular formula is C14H25ClN2O2. The van der Waals surface area contributed by atoms with Crippen molar-refractivity contribution < 1.29 is 9.53 Å². The number of nitrogens with two attached hydrogens (primary N) is 1. The third-order valence-corrected chi connectivity index (χ3v) is 4.74. The lowest BCUT2D eigenvalue weighted by atomic mass is 9.85. The van der Waals surface area contributed by atoms with Gasteiger partial charge >= 0.3 is 0 Å². The van der Waals surface area contributed by atoms with Crippen LogP contribution in [0.1, 0.15) is 38.5 Å². The van der Waals surface area contributed by atoms with Crippen LogP contribution in [0.3, 0.4) is 0 Å². The molecule has 19 heavy (non-hydrogen) atoms. The minimum Gasteiger partial charge on any atom is -0.377 e. The number of ether oxygens (including phenoxy) is 1. The first-order valence-electron chi connectivity index (χ1n) is 7.39. The first-order chi connectivity index (χ1) is 8.75. The molecule has 0 unspecified atom stereocenters. The number of hydrogen-bond acceptors (Lipinski definition) is 3. The Kier molecular flexibility index (Phi) is 5.09. The van der Waals surface area contributed by atoms with Crippen LogP contribution in [0.15, 0.2) is 0 Å². The average Bonchev–Trinajstić information content (AvgIpc) is 3.23. The number of carbonyl (C=O) groups excluding carboxylic acids is 1. The molecule has 0 aromatic rings. The Bertz CT molecular complexity index is 315. The van der Waals surface area contributed by atoms with Crippen LogP contribution < -0.4 is 5.73 Å². The Labute approximate surface area is 121 Å². The zero-order valence-corrected chi connectivity index (χ0v) is 12.2. The van der Waals surface area contributed by atoms with E-state index in [-0.39, 0.29) is 18.3 Å². The van der Waals surface area contributed by atoms with E-state index >= 15 is 0 Å². The van der Waals surface area contributed by atoms with E-state index in [9.17, 15) is 4.79 Å². The fourth-order valence-corrected chi connectivity index (χ4v) is 3.37. The molecule has 1 atom stereocenters. The fraction of sp³-hybridized carbons (Fsp3) is 0.929. The summed E-state index contributed by atoms with van der Waals surface area (Å²) in [5.74, 6) is 1.31. The summed E-state index contributed by atoms with van der Waals surface area (Å²) in [5.41, 5.74) is 5.92. The van der Waals surface area contributed by atoms with Crippen molar-refractivity contribution in [3.05, 3.63) is 0 Å². The lowest BCUT2D eigenvalue weighted by molar-refractivity contribution is -0.146. The average molecular weight is 289 g/mol. The number of halogens is 1. The van der Waals surface area contributed by atoms with Gasteiger partial charge in [0.15, 0.2) is 0 Å². The van der Waals surface area contributed by atoms with Gasteiger partial charge in [-0.05, 0) is 44.4 Å². The largest absolute Gasteiger partial charge is 0.377 e. The Morgan fingerprint density at radius 2 is 1.79 bits per heavy atom. The third kappa shape index (κ3) is 3.41. The van der Waals surface area contributed by atoms with Crippen molar-refractivity contribution in [1.29, 1.82) is 0 Å². The topological polar surface area (TPSA) is 55.6 Å². The predicted octanol–water partition coefficient (Wildman–Crippen LogP) is 1.56. The molecule has 1 aliphatic heterocycles. The molecule has 0 aromatic heterocycles. The number of nitrogens with zero attached hydrogens (tertiary/aromatic N) is 1. The summed E-state index contributed by atoms with van der Waals surface area (Å²) in [6.07, 6.45) is 6.52. The van der Waals surface area contributed by atoms with Gasteiger partial charge in [-0.25, -0.2) is 0 Å². The van der Waals surface area contributed by atoms with Crippen LogP contribution in [0, 0.1) is 11.8 Å². The van der Waals surface area contributed by atoms with E-state index in [0.29, 0.717) is 30.5 Å². The smallest absolute Gasteiger partial charge is 0.226 e. The van der Waals surface area contributed by atoms with Crippen LogP contribution in [0.2, 0.25) is 0 Å². The summed E-state index contributed by atoms with van der Waals surface area (Å²) in [5, 5.41) is 0. The molecule has 3 fully saturated rings. The Hall–Kier alpha value is -0.320. The monoisotopic (exact) mass is 288 g/mol. The van der Waals surface area contributed by atoms with Crippen LogP contribution in [0.5, 0.6) is 0 Å². The minimum atomic E-state index is 0. The normalized spacial score (nSPS) is 35.6. The third-order valence-electron chi connectivity index (χ3n) is 4.74. The molecule has 1 heterocycles. The highest BCUT2D eigenvalue weighted by Gasteiger charge is 2.41. The molecule has 2 aliphatic carbocycles. The van der Waals surface area contributed by atoms with Crippen molar-refractivity contribution in [3.63, 3.8) is 0 Å². The number of hydrogen-bond donors (Lipinski definition) is 1. The zero-order valence-electron chi connectivity index (χ0n) is 11.4. The highest BCUT2D eigenvalue weighted by atomic mass is 35.5. The molecule has 2 saturated carbocycles. The van der Waals surface area contributed by atoms with Gasteiger partial charge in [-0.1, -0.05) is 0 Å². The lowest BCUT2D eigenvalue weighted by Crippen LogP contribution is -2.52. The van der Waals surface area contributed by atoms with Gasteiger partial charge in [-0.3, -0.25) is 4.79 Å². The molecule has 2 N–H and O–H groups in total. The van der Waals surface area contributed by atoms with E-state index in [1.54, 1.807) is 0 Å². The Morgan fingerprint density at radius 3 is 2.42 bits per heavy atom. The second kappa shape index (κ2) is 6.42. The van der Waals surface area contributed by atoms with Crippen molar-refractivity contribution in [1.82, 2.24) is 4.90 Å². The summed E-state index contributed by atoms with van der Waals surface area (Å²) in [7, 11) is 0. The molecule has 1 amide bonds. The molecule has 0 bridgehead atoms. The van der Waals surface area contributed by atoms with E-state index in [1.165, 1.54) is 12.8 Å². The van der Waals surface area contributed by atoms with Crippen molar-refractivity contribution in [2.24, 2.45) is 17.6 Å². The number of morpholine rings is 1. The molecule has 3 rings (SSSR count). The van der Waals surface area contributed by atoms with Crippen molar-refractivity contribution in [2.75, 3.05) is 19.8 Å². The first-order valence-corrected chi connectivity index (χ1v) is 7.39. The van der Waals surface area contributed by atoms with Crippen LogP contribution >= 0.6 is 12.4 Å². The maximum Gasteiger partial charge on any atom is 0.226 e. The van der Waals surface area contributed by atoms with E-state index < -0.39 is 0 Å². The predicted molar refractivity (Wildman–Crippen MR) is 76.2 cm³/mol. The van der Waals surface area contributed by atoms with E-state index in [4.69, 9.17) is 10.5 Å². The highest BCUT2D eigenvalue weighted by molar-refractivity contribution is 5.85. The molecule has 110 valence electrons. The van der Waals surface area contributed by atoms with Crippen molar-refractivity contribution in [2.45, 2.75) is 50.6 Å². The van der Waals surface area contributed by atoms with Gasteiger partial charge in [0.1, 0.15) is 0 Å². The zero-order chi connectivity index (χ0) is 12.5. The minimum absolute atomic E-state index is 0. The second-order valence-corrected chi connectivity index (χ2v) is 6.12. The van der Waals surface area contributed by atoms with Gasteiger partial charge < -0.3 is 15.4 Å². The van der Waals surface area contributed by atoms with E-state index in [1.807, 2.05) is 0 Å². The molecule has 0 aromatic carbocycles. The molecule has 5 heteroatoms. The van der Waals surface area contributed by atoms with Crippen molar-refractivity contribution >= 4 is 18.3 Å². The second-order valence-electron chi connectivity index (χ2n) is 6.12. The van der Waals surface area contributed by atoms with Gasteiger partial charge in [0.25, 0.3) is 0 Å². The number of rotatable bonds is 2. The fourth-order valence-electron chi connectivity index (χ4n) is 3.37. The van der Waals surface area contributed by atoms with Gasteiger partial charge in [0.2, 0.25) is 5.91 Å². The Morgan fingerprint density at radius 1 is 1.11 bits per heavy atom. The molecule has 0 spiro atoms. The first kappa shape index (κ1) is 15.1. The SMILES string of the molecule is Cl.N[C@H]1CC[C@H](C(=O)N2CCOC[C@@H]2C2CC2)CC1. The molecule has 1 saturated heterocycles. The number of carbonyl (C=O) groups is 1. The maximum atomic E-state index is 12.6. The standard InChI is InChI=1S/C14H24N2O2.ClH/c15-12-5-3-11(4-6-12)14(17)16-7-8-18-9-13(16)10-1-2-10;/h10-13H,1-9,15H2;1H/t11-,12-,13-;/m1./s1. The van der Waals surface area contributed by atoms with Gasteiger partial charge in [-0.2, -0.15) is 0 Å². The quantitative estimate of drug-likeness (QED) is 0.839. The summed E-state index contributed by atoms with van der Waals surface area (Å²) in [6.45, 7) is 2.26. The molecule has 4 nitrogen and oxygen atoms in total. The van der Waals surface area contributed by atoms with Crippen LogP contribution in [-0.4, -0.2) is 42.6 Å². The summed E-state index contributed by atoms with van der Waals surface area (Å²) >= 11 is 0. The summed E-state index contributed by atoms with van der Waals surface area (Å²) in [6, 6.07) is 0.680. The van der Waals surface area contributed by atoms with Gasteiger partial charge in [0, 0.05) is 18.5 Å². The maximum absolute atomic E-state index is 12.6. The van der Waals surface area contributed by atoms with Crippen LogP contribution in [-0.2, 0) is 9.53 Å². The molecule has 3 aliphatic rings.